The molecule has 16 heavy (non-hydrogen) atoms. The van der Waals surface area contributed by atoms with Gasteiger partial charge in [-0.3, -0.25) is 4.79 Å². The third-order valence-corrected chi connectivity index (χ3v) is 4.30. The molecule has 1 fully saturated rings. The average Bonchev–Trinajstić information content (AvgIpc) is 2.38. The number of carbonyl (C=O) groups is 1. The lowest BCUT2D eigenvalue weighted by atomic mass is 10.2. The van der Waals surface area contributed by atoms with Gasteiger partial charge in [-0.1, -0.05) is 0 Å². The van der Waals surface area contributed by atoms with E-state index in [9.17, 15) is 18.3 Å². The second-order valence-corrected chi connectivity index (χ2v) is 6.28. The van der Waals surface area contributed by atoms with Gasteiger partial charge in [0.2, 0.25) is 5.91 Å². The van der Waals surface area contributed by atoms with Crippen LogP contribution >= 0.6 is 0 Å². The maximum Gasteiger partial charge on any atom is 0.217 e. The molecule has 0 bridgehead atoms. The Balaban J connectivity index is 2.17. The number of primary amides is 1. The Morgan fingerprint density at radius 1 is 1.38 bits per heavy atom. The molecule has 0 radical (unpaired) electrons. The maximum absolute atomic E-state index is 11.2. The third kappa shape index (κ3) is 4.46. The van der Waals surface area contributed by atoms with E-state index >= 15 is 0 Å². The summed E-state index contributed by atoms with van der Waals surface area (Å²) in [5.41, 5.74) is 4.98. The van der Waals surface area contributed by atoms with Gasteiger partial charge in [-0.15, -0.1) is 0 Å². The Morgan fingerprint density at radius 3 is 2.56 bits per heavy atom. The number of hydrogen-bond donors (Lipinski definition) is 3. The van der Waals surface area contributed by atoms with E-state index in [1.54, 1.807) is 0 Å². The molecule has 6 nitrogen and oxygen atoms in total. The maximum atomic E-state index is 11.2. The van der Waals surface area contributed by atoms with Gasteiger partial charge in [-0.05, 0) is 19.4 Å². The summed E-state index contributed by atoms with van der Waals surface area (Å²) < 4.78 is 22.3. The molecule has 4 N–H and O–H groups in total. The highest BCUT2D eigenvalue weighted by Gasteiger charge is 2.35. The summed E-state index contributed by atoms with van der Waals surface area (Å²) in [5, 5.41) is 12.4. The van der Waals surface area contributed by atoms with E-state index in [4.69, 9.17) is 5.73 Å². The summed E-state index contributed by atoms with van der Waals surface area (Å²) in [7, 11) is -3.09. The molecule has 94 valence electrons. The standard InChI is InChI=1S/C9H18N2O4S/c10-9(13)3-1-2-4-11-7-5-16(14,15)6-8(7)12/h7-8,11-12H,1-6H2,(H2,10,13). The minimum Gasteiger partial charge on any atom is -0.390 e. The summed E-state index contributed by atoms with van der Waals surface area (Å²) >= 11 is 0. The van der Waals surface area contributed by atoms with Crippen LogP contribution in [0.1, 0.15) is 19.3 Å². The number of aliphatic hydroxyl groups is 1. The van der Waals surface area contributed by atoms with E-state index in [0.29, 0.717) is 19.4 Å². The molecule has 1 rings (SSSR count). The van der Waals surface area contributed by atoms with Crippen molar-refractivity contribution >= 4 is 15.7 Å². The molecule has 0 aromatic rings. The summed E-state index contributed by atoms with van der Waals surface area (Å²) in [4.78, 5) is 10.4. The van der Waals surface area contributed by atoms with Crippen LogP contribution in [0.3, 0.4) is 0 Å². The first-order chi connectivity index (χ1) is 7.41. The van der Waals surface area contributed by atoms with Gasteiger partial charge < -0.3 is 16.2 Å². The van der Waals surface area contributed by atoms with Crippen LogP contribution in [0.25, 0.3) is 0 Å². The summed E-state index contributed by atoms with van der Waals surface area (Å²) in [5.74, 6) is -0.501. The quantitative estimate of drug-likeness (QED) is 0.491. The fraction of sp³-hybridized carbons (Fsp3) is 0.889. The molecule has 0 spiro atoms. The Kier molecular flexibility index (Phi) is 4.69. The molecular formula is C9H18N2O4S. The van der Waals surface area contributed by atoms with Crippen molar-refractivity contribution in [1.29, 1.82) is 0 Å². The normalized spacial score (nSPS) is 28.1. The van der Waals surface area contributed by atoms with Gasteiger partial charge in [0, 0.05) is 12.5 Å². The van der Waals surface area contributed by atoms with Crippen LogP contribution in [0.2, 0.25) is 0 Å². The molecule has 2 atom stereocenters. The monoisotopic (exact) mass is 250 g/mol. The highest BCUT2D eigenvalue weighted by atomic mass is 32.2. The zero-order chi connectivity index (χ0) is 12.2. The molecular weight excluding hydrogens is 232 g/mol. The van der Waals surface area contributed by atoms with Crippen molar-refractivity contribution in [2.75, 3.05) is 18.1 Å². The first kappa shape index (κ1) is 13.4. The van der Waals surface area contributed by atoms with E-state index in [-0.39, 0.29) is 23.5 Å². The van der Waals surface area contributed by atoms with Gasteiger partial charge in [0.05, 0.1) is 17.6 Å². The third-order valence-electron chi connectivity index (χ3n) is 2.58. The van der Waals surface area contributed by atoms with Crippen LogP contribution in [0.15, 0.2) is 0 Å². The fourth-order valence-corrected chi connectivity index (χ4v) is 3.51. The number of nitrogens with one attached hydrogen (secondary N) is 1. The topological polar surface area (TPSA) is 109 Å². The van der Waals surface area contributed by atoms with Crippen molar-refractivity contribution in [3.8, 4) is 0 Å². The molecule has 1 saturated heterocycles. The number of carbonyl (C=O) groups excluding carboxylic acids is 1. The second kappa shape index (κ2) is 5.60. The van der Waals surface area contributed by atoms with Crippen molar-refractivity contribution < 1.29 is 18.3 Å². The fourth-order valence-electron chi connectivity index (χ4n) is 1.74. The van der Waals surface area contributed by atoms with E-state index in [0.717, 1.165) is 6.42 Å². The molecule has 0 aliphatic carbocycles. The first-order valence-electron chi connectivity index (χ1n) is 5.31. The van der Waals surface area contributed by atoms with Crippen LogP contribution < -0.4 is 11.1 Å². The summed E-state index contributed by atoms with van der Waals surface area (Å²) in [6.07, 6.45) is 0.943. The van der Waals surface area contributed by atoms with Gasteiger partial charge in [0.15, 0.2) is 9.84 Å². The predicted octanol–water partition coefficient (Wildman–Crippen LogP) is -1.61. The minimum atomic E-state index is -3.09. The molecule has 0 saturated carbocycles. The molecule has 0 aromatic carbocycles. The van der Waals surface area contributed by atoms with Gasteiger partial charge >= 0.3 is 0 Å². The van der Waals surface area contributed by atoms with Crippen molar-refractivity contribution in [1.82, 2.24) is 5.32 Å². The number of hydrogen-bond acceptors (Lipinski definition) is 5. The SMILES string of the molecule is NC(=O)CCCCNC1CS(=O)(=O)CC1O. The van der Waals surface area contributed by atoms with E-state index in [1.807, 2.05) is 0 Å². The van der Waals surface area contributed by atoms with Crippen LogP contribution in [0, 0.1) is 0 Å². The van der Waals surface area contributed by atoms with Crippen LogP contribution in [-0.4, -0.2) is 49.6 Å². The van der Waals surface area contributed by atoms with E-state index < -0.39 is 15.9 Å². The Morgan fingerprint density at radius 2 is 2.06 bits per heavy atom. The number of amides is 1. The predicted molar refractivity (Wildman–Crippen MR) is 59.5 cm³/mol. The smallest absolute Gasteiger partial charge is 0.217 e. The van der Waals surface area contributed by atoms with Crippen LogP contribution in [0.4, 0.5) is 0 Å². The zero-order valence-electron chi connectivity index (χ0n) is 9.05. The lowest BCUT2D eigenvalue weighted by molar-refractivity contribution is -0.118. The van der Waals surface area contributed by atoms with E-state index in [1.165, 1.54) is 0 Å². The van der Waals surface area contributed by atoms with Crippen LogP contribution in [-0.2, 0) is 14.6 Å². The lowest BCUT2D eigenvalue weighted by Crippen LogP contribution is -2.39. The lowest BCUT2D eigenvalue weighted by Gasteiger charge is -2.14. The Bertz CT molecular complexity index is 341. The molecule has 0 aromatic heterocycles. The molecule has 1 amide bonds. The number of unbranched alkanes of at least 4 members (excludes halogenated alkanes) is 1. The molecule has 2 unspecified atom stereocenters. The van der Waals surface area contributed by atoms with Crippen molar-refractivity contribution in [2.24, 2.45) is 5.73 Å². The highest BCUT2D eigenvalue weighted by Crippen LogP contribution is 2.12. The summed E-state index contributed by atoms with van der Waals surface area (Å²) in [6.45, 7) is 0.588. The molecule has 1 aliphatic heterocycles. The highest BCUT2D eigenvalue weighted by molar-refractivity contribution is 7.91. The van der Waals surface area contributed by atoms with Gasteiger partial charge in [0.1, 0.15) is 0 Å². The van der Waals surface area contributed by atoms with Crippen molar-refractivity contribution in [2.45, 2.75) is 31.4 Å². The Labute approximate surface area is 95.1 Å². The Hall–Kier alpha value is -0.660. The largest absolute Gasteiger partial charge is 0.390 e. The first-order valence-corrected chi connectivity index (χ1v) is 7.13. The molecule has 1 aliphatic rings. The number of rotatable bonds is 6. The molecule has 7 heteroatoms. The average molecular weight is 250 g/mol. The van der Waals surface area contributed by atoms with Crippen molar-refractivity contribution in [3.63, 3.8) is 0 Å². The number of sulfone groups is 1. The van der Waals surface area contributed by atoms with Crippen molar-refractivity contribution in [3.05, 3.63) is 0 Å². The van der Waals surface area contributed by atoms with Gasteiger partial charge in [-0.25, -0.2) is 8.42 Å². The van der Waals surface area contributed by atoms with Gasteiger partial charge in [-0.2, -0.15) is 0 Å². The number of nitrogens with two attached hydrogens (primary N) is 1. The zero-order valence-corrected chi connectivity index (χ0v) is 9.87. The number of aliphatic hydroxyl groups excluding tert-OH is 1. The second-order valence-electron chi connectivity index (χ2n) is 4.13. The minimum absolute atomic E-state index is 0.00993. The molecule has 1 heterocycles. The van der Waals surface area contributed by atoms with Gasteiger partial charge in [0.25, 0.3) is 0 Å². The van der Waals surface area contributed by atoms with Crippen LogP contribution in [0.5, 0.6) is 0 Å². The van der Waals surface area contributed by atoms with E-state index in [2.05, 4.69) is 5.32 Å². The summed E-state index contributed by atoms with van der Waals surface area (Å²) in [6, 6.07) is -0.376.